The second kappa shape index (κ2) is 9.43. The smallest absolute Gasteiger partial charge is 0.274 e. The number of nitrogens with zero attached hydrogens (tertiary/aromatic N) is 3. The molecule has 3 rings (SSSR count). The second-order valence-electron chi connectivity index (χ2n) is 6.07. The Balaban J connectivity index is 1.85. The first-order chi connectivity index (χ1) is 13.7. The molecule has 0 aliphatic heterocycles. The lowest BCUT2D eigenvalue weighted by Gasteiger charge is -2.11. The van der Waals surface area contributed by atoms with Crippen LogP contribution in [0, 0.1) is 10.1 Å². The van der Waals surface area contributed by atoms with Gasteiger partial charge in [-0.2, -0.15) is 4.98 Å². The Morgan fingerprint density at radius 3 is 2.50 bits per heavy atom. The number of rotatable bonds is 9. The number of benzene rings is 2. The third-order valence-electron chi connectivity index (χ3n) is 4.06. The highest BCUT2D eigenvalue weighted by Crippen LogP contribution is 2.23. The second-order valence-corrected chi connectivity index (χ2v) is 6.07. The van der Waals surface area contributed by atoms with Crippen molar-refractivity contribution in [3.8, 4) is 11.3 Å². The zero-order valence-electron chi connectivity index (χ0n) is 15.2. The molecule has 0 bridgehead atoms. The molecular formula is C20H21N5O3. The van der Waals surface area contributed by atoms with Crippen molar-refractivity contribution in [1.82, 2.24) is 9.97 Å². The van der Waals surface area contributed by atoms with E-state index in [9.17, 15) is 10.1 Å². The van der Waals surface area contributed by atoms with E-state index < -0.39 is 4.92 Å². The normalized spacial score (nSPS) is 10.5. The monoisotopic (exact) mass is 379 g/mol. The fourth-order valence-corrected chi connectivity index (χ4v) is 2.68. The standard InChI is InChI=1S/C20H21N5O3/c26-12-6-11-21-20-23-17(15-7-2-1-3-8-15)13-19(24-20)22-14-16-9-4-5-10-18(16)25(27)28/h1-5,7-10,13,26H,6,11-12,14H2,(H2,21,22,23,24). The Labute approximate surface area is 162 Å². The van der Waals surface area contributed by atoms with E-state index in [1.165, 1.54) is 6.07 Å². The number of hydrogen-bond acceptors (Lipinski definition) is 7. The number of para-hydroxylation sites is 1. The lowest BCUT2D eigenvalue weighted by atomic mass is 10.1. The highest BCUT2D eigenvalue weighted by Gasteiger charge is 2.13. The van der Waals surface area contributed by atoms with Crippen molar-refractivity contribution in [3.63, 3.8) is 0 Å². The molecule has 0 aliphatic rings. The topological polar surface area (TPSA) is 113 Å². The summed E-state index contributed by atoms with van der Waals surface area (Å²) in [5.74, 6) is 0.985. The van der Waals surface area contributed by atoms with Gasteiger partial charge in [-0.25, -0.2) is 4.98 Å². The maximum atomic E-state index is 11.2. The molecule has 2 aromatic carbocycles. The Bertz CT molecular complexity index is 934. The predicted octanol–water partition coefficient (Wildman–Crippen LogP) is 3.46. The first-order valence-electron chi connectivity index (χ1n) is 8.93. The minimum absolute atomic E-state index is 0.0635. The summed E-state index contributed by atoms with van der Waals surface area (Å²) in [6.07, 6.45) is 0.581. The number of nitro groups is 1. The summed E-state index contributed by atoms with van der Waals surface area (Å²) in [5.41, 5.74) is 2.30. The minimum Gasteiger partial charge on any atom is -0.396 e. The highest BCUT2D eigenvalue weighted by molar-refractivity contribution is 5.64. The van der Waals surface area contributed by atoms with Crippen LogP contribution in [0.4, 0.5) is 17.5 Å². The molecule has 3 aromatic rings. The van der Waals surface area contributed by atoms with Crippen LogP contribution in [-0.4, -0.2) is 33.1 Å². The summed E-state index contributed by atoms with van der Waals surface area (Å²) in [6.45, 7) is 0.880. The van der Waals surface area contributed by atoms with Crippen LogP contribution in [0.1, 0.15) is 12.0 Å². The number of hydrogen-bond donors (Lipinski definition) is 3. The van der Waals surface area contributed by atoms with Crippen LogP contribution in [0.15, 0.2) is 60.7 Å². The number of anilines is 2. The van der Waals surface area contributed by atoms with Crippen LogP contribution < -0.4 is 10.6 Å². The van der Waals surface area contributed by atoms with Gasteiger partial charge in [-0.15, -0.1) is 0 Å². The fraction of sp³-hybridized carbons (Fsp3) is 0.200. The summed E-state index contributed by atoms with van der Waals surface area (Å²) in [5, 5.41) is 26.4. The van der Waals surface area contributed by atoms with Crippen molar-refractivity contribution < 1.29 is 10.0 Å². The largest absolute Gasteiger partial charge is 0.396 e. The van der Waals surface area contributed by atoms with Gasteiger partial charge < -0.3 is 15.7 Å². The van der Waals surface area contributed by atoms with Gasteiger partial charge in [0, 0.05) is 43.0 Å². The summed E-state index contributed by atoms with van der Waals surface area (Å²) >= 11 is 0. The SMILES string of the molecule is O=[N+]([O-])c1ccccc1CNc1cc(-c2ccccc2)nc(NCCCO)n1. The van der Waals surface area contributed by atoms with Gasteiger partial charge in [0.05, 0.1) is 10.6 Å². The van der Waals surface area contributed by atoms with E-state index in [0.717, 1.165) is 11.3 Å². The minimum atomic E-state index is -0.395. The lowest BCUT2D eigenvalue weighted by Crippen LogP contribution is -2.10. The third kappa shape index (κ3) is 5.01. The molecule has 0 spiro atoms. The van der Waals surface area contributed by atoms with Crippen LogP contribution in [-0.2, 0) is 6.54 Å². The molecule has 3 N–H and O–H groups in total. The van der Waals surface area contributed by atoms with Crippen LogP contribution in [0.2, 0.25) is 0 Å². The maximum absolute atomic E-state index is 11.2. The molecule has 0 atom stereocenters. The van der Waals surface area contributed by atoms with Crippen molar-refractivity contribution in [2.45, 2.75) is 13.0 Å². The van der Waals surface area contributed by atoms with Crippen molar-refractivity contribution in [2.75, 3.05) is 23.8 Å². The van der Waals surface area contributed by atoms with Crippen LogP contribution in [0.25, 0.3) is 11.3 Å². The zero-order chi connectivity index (χ0) is 19.8. The van der Waals surface area contributed by atoms with Gasteiger partial charge in [-0.3, -0.25) is 10.1 Å². The third-order valence-corrected chi connectivity index (χ3v) is 4.06. The molecule has 0 fully saturated rings. The summed E-state index contributed by atoms with van der Waals surface area (Å²) < 4.78 is 0. The molecule has 0 radical (unpaired) electrons. The summed E-state index contributed by atoms with van der Waals surface area (Å²) in [7, 11) is 0. The quantitative estimate of drug-likeness (QED) is 0.296. The van der Waals surface area contributed by atoms with E-state index in [1.54, 1.807) is 24.3 Å². The molecule has 144 valence electrons. The zero-order valence-corrected chi connectivity index (χ0v) is 15.2. The van der Waals surface area contributed by atoms with E-state index in [0.29, 0.717) is 30.3 Å². The van der Waals surface area contributed by atoms with E-state index >= 15 is 0 Å². The first-order valence-corrected chi connectivity index (χ1v) is 8.93. The molecule has 28 heavy (non-hydrogen) atoms. The Morgan fingerprint density at radius 2 is 1.75 bits per heavy atom. The Hall–Kier alpha value is -3.52. The number of aliphatic hydroxyl groups excluding tert-OH is 1. The van der Waals surface area contributed by atoms with Gasteiger partial charge in [0.1, 0.15) is 5.82 Å². The molecule has 0 saturated carbocycles. The molecule has 0 unspecified atom stereocenters. The molecule has 0 amide bonds. The van der Waals surface area contributed by atoms with Crippen molar-refractivity contribution in [1.29, 1.82) is 0 Å². The van der Waals surface area contributed by atoms with Crippen molar-refractivity contribution >= 4 is 17.5 Å². The maximum Gasteiger partial charge on any atom is 0.274 e. The van der Waals surface area contributed by atoms with Gasteiger partial charge in [0.25, 0.3) is 5.69 Å². The average molecular weight is 379 g/mol. The van der Waals surface area contributed by atoms with Crippen LogP contribution in [0.3, 0.4) is 0 Å². The van der Waals surface area contributed by atoms with E-state index in [4.69, 9.17) is 5.11 Å². The Kier molecular flexibility index (Phi) is 6.48. The molecule has 1 aromatic heterocycles. The summed E-state index contributed by atoms with van der Waals surface area (Å²) in [6, 6.07) is 18.1. The van der Waals surface area contributed by atoms with Gasteiger partial charge in [-0.1, -0.05) is 48.5 Å². The van der Waals surface area contributed by atoms with E-state index in [1.807, 2.05) is 30.3 Å². The van der Waals surface area contributed by atoms with Crippen molar-refractivity contribution in [3.05, 3.63) is 76.3 Å². The fourth-order valence-electron chi connectivity index (χ4n) is 2.68. The molecule has 8 nitrogen and oxygen atoms in total. The highest BCUT2D eigenvalue weighted by atomic mass is 16.6. The molecule has 8 heteroatoms. The summed E-state index contributed by atoms with van der Waals surface area (Å²) in [4.78, 5) is 19.8. The van der Waals surface area contributed by atoms with Gasteiger partial charge in [0.2, 0.25) is 5.95 Å². The average Bonchev–Trinajstić information content (AvgIpc) is 2.73. The van der Waals surface area contributed by atoms with Gasteiger partial charge in [-0.05, 0) is 6.42 Å². The van der Waals surface area contributed by atoms with Gasteiger partial charge in [0.15, 0.2) is 0 Å². The first kappa shape index (κ1) is 19.2. The Morgan fingerprint density at radius 1 is 1.00 bits per heavy atom. The molecule has 1 heterocycles. The number of aromatic nitrogens is 2. The van der Waals surface area contributed by atoms with Crippen LogP contribution >= 0.6 is 0 Å². The molecular weight excluding hydrogens is 358 g/mol. The molecule has 0 saturated heterocycles. The number of nitro benzene ring substituents is 1. The lowest BCUT2D eigenvalue weighted by molar-refractivity contribution is -0.385. The molecule has 0 aliphatic carbocycles. The predicted molar refractivity (Wildman–Crippen MR) is 108 cm³/mol. The van der Waals surface area contributed by atoms with E-state index in [2.05, 4.69) is 20.6 Å². The number of aliphatic hydroxyl groups is 1. The van der Waals surface area contributed by atoms with Crippen LogP contribution in [0.5, 0.6) is 0 Å². The number of nitrogens with one attached hydrogen (secondary N) is 2. The van der Waals surface area contributed by atoms with Gasteiger partial charge >= 0.3 is 0 Å². The van der Waals surface area contributed by atoms with E-state index in [-0.39, 0.29) is 18.8 Å². The van der Waals surface area contributed by atoms with Crippen molar-refractivity contribution in [2.24, 2.45) is 0 Å².